The minimum Gasteiger partial charge on any atom is -0.493 e. The minimum absolute atomic E-state index is 0. The number of halogens is 1. The van der Waals surface area contributed by atoms with Gasteiger partial charge in [-0.1, -0.05) is 12.1 Å². The van der Waals surface area contributed by atoms with Crippen molar-refractivity contribution < 1.29 is 9.53 Å². The van der Waals surface area contributed by atoms with E-state index in [0.29, 0.717) is 6.54 Å². The summed E-state index contributed by atoms with van der Waals surface area (Å²) in [4.78, 5) is 12.2. The Labute approximate surface area is 144 Å². The van der Waals surface area contributed by atoms with Gasteiger partial charge >= 0.3 is 0 Å². The van der Waals surface area contributed by atoms with Crippen LogP contribution in [-0.2, 0) is 11.3 Å². The molecule has 2 aliphatic rings. The van der Waals surface area contributed by atoms with Gasteiger partial charge in [-0.25, -0.2) is 0 Å². The summed E-state index contributed by atoms with van der Waals surface area (Å²) in [5.74, 6) is 1.99. The molecule has 1 aromatic rings. The summed E-state index contributed by atoms with van der Waals surface area (Å²) < 4.78 is 5.96. The molecule has 0 unspecified atom stereocenters. The van der Waals surface area contributed by atoms with Crippen LogP contribution >= 0.6 is 12.4 Å². The van der Waals surface area contributed by atoms with Crippen molar-refractivity contribution in [3.05, 3.63) is 29.3 Å². The molecular formula is C18H27ClN2O2. The van der Waals surface area contributed by atoms with Crippen molar-refractivity contribution in [1.29, 1.82) is 0 Å². The van der Waals surface area contributed by atoms with Crippen molar-refractivity contribution in [2.45, 2.75) is 39.2 Å². The van der Waals surface area contributed by atoms with Gasteiger partial charge in [-0.05, 0) is 63.2 Å². The Morgan fingerprint density at radius 3 is 2.70 bits per heavy atom. The molecule has 2 fully saturated rings. The first-order chi connectivity index (χ1) is 10.7. The van der Waals surface area contributed by atoms with E-state index in [-0.39, 0.29) is 24.2 Å². The quantitative estimate of drug-likeness (QED) is 0.838. The highest BCUT2D eigenvalue weighted by Gasteiger charge is 2.23. The fourth-order valence-electron chi connectivity index (χ4n) is 2.85. The molecule has 0 spiro atoms. The van der Waals surface area contributed by atoms with E-state index in [1.165, 1.54) is 18.4 Å². The Morgan fingerprint density at radius 2 is 2.00 bits per heavy atom. The zero-order valence-electron chi connectivity index (χ0n) is 13.8. The number of nitrogens with one attached hydrogen (secondary N) is 2. The number of amides is 1. The minimum atomic E-state index is 0. The van der Waals surface area contributed by atoms with Crippen LogP contribution in [0.15, 0.2) is 18.2 Å². The monoisotopic (exact) mass is 338 g/mol. The molecule has 0 radical (unpaired) electrons. The molecule has 4 nitrogen and oxygen atoms in total. The van der Waals surface area contributed by atoms with Gasteiger partial charge in [0.25, 0.3) is 0 Å². The fourth-order valence-corrected chi connectivity index (χ4v) is 2.85. The second-order valence-electron chi connectivity index (χ2n) is 6.61. The predicted octanol–water partition coefficient (Wildman–Crippen LogP) is 2.82. The van der Waals surface area contributed by atoms with E-state index in [0.717, 1.165) is 49.8 Å². The van der Waals surface area contributed by atoms with Gasteiger partial charge in [-0.15, -0.1) is 12.4 Å². The van der Waals surface area contributed by atoms with E-state index < -0.39 is 0 Å². The van der Waals surface area contributed by atoms with Crippen LogP contribution in [0, 0.1) is 18.8 Å². The zero-order chi connectivity index (χ0) is 15.4. The van der Waals surface area contributed by atoms with Crippen molar-refractivity contribution in [2.75, 3.05) is 19.7 Å². The van der Waals surface area contributed by atoms with Gasteiger partial charge in [0.15, 0.2) is 0 Å². The van der Waals surface area contributed by atoms with Crippen molar-refractivity contribution in [2.24, 2.45) is 11.8 Å². The molecule has 0 aromatic heterocycles. The molecule has 1 heterocycles. The number of carbonyl (C=O) groups is 1. The van der Waals surface area contributed by atoms with Crippen molar-refractivity contribution >= 4 is 18.3 Å². The molecule has 1 aliphatic carbocycles. The maximum Gasteiger partial charge on any atom is 0.223 e. The van der Waals surface area contributed by atoms with Gasteiger partial charge in [-0.3, -0.25) is 4.79 Å². The molecule has 128 valence electrons. The van der Waals surface area contributed by atoms with E-state index in [2.05, 4.69) is 35.8 Å². The molecule has 5 heteroatoms. The first-order valence-corrected chi connectivity index (χ1v) is 8.43. The topological polar surface area (TPSA) is 50.4 Å². The van der Waals surface area contributed by atoms with E-state index in [9.17, 15) is 4.79 Å². The Balaban J connectivity index is 0.00000192. The number of aryl methyl sites for hydroxylation is 1. The highest BCUT2D eigenvalue weighted by molar-refractivity contribution is 5.85. The van der Waals surface area contributed by atoms with Gasteiger partial charge in [0.1, 0.15) is 5.75 Å². The third-order valence-electron chi connectivity index (χ3n) is 4.56. The maximum atomic E-state index is 12.2. The van der Waals surface area contributed by atoms with Crippen molar-refractivity contribution in [3.8, 4) is 5.75 Å². The lowest BCUT2D eigenvalue weighted by Gasteiger charge is -2.22. The van der Waals surface area contributed by atoms with Gasteiger partial charge in [-0.2, -0.15) is 0 Å². The average Bonchev–Trinajstić information content (AvgIpc) is 3.37. The van der Waals surface area contributed by atoms with Crippen LogP contribution in [0.2, 0.25) is 0 Å². The zero-order valence-corrected chi connectivity index (χ0v) is 14.6. The highest BCUT2D eigenvalue weighted by Crippen LogP contribution is 2.30. The van der Waals surface area contributed by atoms with E-state index >= 15 is 0 Å². The first-order valence-electron chi connectivity index (χ1n) is 8.43. The number of ether oxygens (including phenoxy) is 1. The normalized spacial score (nSPS) is 18.1. The molecule has 2 N–H and O–H groups in total. The summed E-state index contributed by atoms with van der Waals surface area (Å²) in [6.07, 6.45) is 4.44. The van der Waals surface area contributed by atoms with Crippen LogP contribution in [0.1, 0.15) is 36.8 Å². The van der Waals surface area contributed by atoms with Crippen LogP contribution in [0.3, 0.4) is 0 Å². The smallest absolute Gasteiger partial charge is 0.223 e. The van der Waals surface area contributed by atoms with Crippen LogP contribution in [0.25, 0.3) is 0 Å². The Hall–Kier alpha value is -1.26. The SMILES string of the molecule is Cc1ccc(CNC(=O)C2CCNCC2)c(OCC2CC2)c1.Cl. The number of rotatable bonds is 6. The number of hydrogen-bond donors (Lipinski definition) is 2. The van der Waals surface area contributed by atoms with Crippen LogP contribution in [0.5, 0.6) is 5.75 Å². The predicted molar refractivity (Wildman–Crippen MR) is 94.1 cm³/mol. The largest absolute Gasteiger partial charge is 0.493 e. The lowest BCUT2D eigenvalue weighted by molar-refractivity contribution is -0.125. The highest BCUT2D eigenvalue weighted by atomic mass is 35.5. The summed E-state index contributed by atoms with van der Waals surface area (Å²) in [6, 6.07) is 6.23. The Bertz CT molecular complexity index is 526. The average molecular weight is 339 g/mol. The number of benzene rings is 1. The van der Waals surface area contributed by atoms with Crippen LogP contribution in [-0.4, -0.2) is 25.6 Å². The summed E-state index contributed by atoms with van der Waals surface area (Å²) in [5.41, 5.74) is 2.27. The molecule has 3 rings (SSSR count). The molecule has 23 heavy (non-hydrogen) atoms. The Kier molecular flexibility index (Phi) is 6.72. The van der Waals surface area contributed by atoms with Crippen molar-refractivity contribution in [1.82, 2.24) is 10.6 Å². The molecule has 0 bridgehead atoms. The van der Waals surface area contributed by atoms with Gasteiger partial charge < -0.3 is 15.4 Å². The second kappa shape index (κ2) is 8.55. The lowest BCUT2D eigenvalue weighted by Crippen LogP contribution is -2.37. The standard InChI is InChI=1S/C18H26N2O2.ClH/c1-13-2-5-16(17(10-13)22-12-14-3-4-14)11-20-18(21)15-6-8-19-9-7-15;/h2,5,10,14-15,19H,3-4,6-9,11-12H2,1H3,(H,20,21);1H. The second-order valence-corrected chi connectivity index (χ2v) is 6.61. The summed E-state index contributed by atoms with van der Waals surface area (Å²) in [7, 11) is 0. The third-order valence-corrected chi connectivity index (χ3v) is 4.56. The Morgan fingerprint density at radius 1 is 1.26 bits per heavy atom. The summed E-state index contributed by atoms with van der Waals surface area (Å²) in [5, 5.41) is 6.38. The van der Waals surface area contributed by atoms with Crippen LogP contribution in [0.4, 0.5) is 0 Å². The number of carbonyl (C=O) groups excluding carboxylic acids is 1. The van der Waals surface area contributed by atoms with E-state index in [1.54, 1.807) is 0 Å². The first kappa shape index (κ1) is 18.1. The molecule has 0 atom stereocenters. The van der Waals surface area contributed by atoms with Gasteiger partial charge in [0, 0.05) is 18.0 Å². The van der Waals surface area contributed by atoms with Gasteiger partial charge in [0.2, 0.25) is 5.91 Å². The lowest BCUT2D eigenvalue weighted by atomic mass is 9.97. The molecular weight excluding hydrogens is 312 g/mol. The van der Waals surface area contributed by atoms with Gasteiger partial charge in [0.05, 0.1) is 6.61 Å². The maximum absolute atomic E-state index is 12.2. The van der Waals surface area contributed by atoms with E-state index in [1.807, 2.05) is 0 Å². The number of hydrogen-bond acceptors (Lipinski definition) is 3. The molecule has 1 aromatic carbocycles. The number of piperidine rings is 1. The fraction of sp³-hybridized carbons (Fsp3) is 0.611. The van der Waals surface area contributed by atoms with Crippen LogP contribution < -0.4 is 15.4 Å². The van der Waals surface area contributed by atoms with E-state index in [4.69, 9.17) is 4.74 Å². The summed E-state index contributed by atoms with van der Waals surface area (Å²) in [6.45, 7) is 5.32. The molecule has 1 aliphatic heterocycles. The summed E-state index contributed by atoms with van der Waals surface area (Å²) >= 11 is 0. The molecule has 1 amide bonds. The molecule has 1 saturated carbocycles. The van der Waals surface area contributed by atoms with Crippen molar-refractivity contribution in [3.63, 3.8) is 0 Å². The molecule has 1 saturated heterocycles. The third kappa shape index (κ3) is 5.40.